The second kappa shape index (κ2) is 7.21. The zero-order valence-electron chi connectivity index (χ0n) is 11.4. The molecule has 2 rings (SSSR count). The molecule has 5 heteroatoms. The van der Waals surface area contributed by atoms with E-state index in [4.69, 9.17) is 10.5 Å². The highest BCUT2D eigenvalue weighted by Gasteiger charge is 2.20. The third-order valence-corrected chi connectivity index (χ3v) is 2.87. The normalized spacial score (nSPS) is 9.95. The molecule has 2 aromatic rings. The molecule has 2 aromatic carbocycles. The zero-order valence-corrected chi connectivity index (χ0v) is 11.4. The van der Waals surface area contributed by atoms with Gasteiger partial charge in [0.25, 0.3) is 5.91 Å². The first-order valence-electron chi connectivity index (χ1n) is 6.50. The lowest BCUT2D eigenvalue weighted by Gasteiger charge is -2.21. The molecule has 0 aliphatic rings. The molecule has 0 atom stereocenters. The molecule has 5 nitrogen and oxygen atoms in total. The molecule has 0 spiro atoms. The Hall–Kier alpha value is -2.66. The Morgan fingerprint density at radius 3 is 2.10 bits per heavy atom. The maximum absolute atomic E-state index is 12.6. The summed E-state index contributed by atoms with van der Waals surface area (Å²) in [7, 11) is 0. The summed E-state index contributed by atoms with van der Waals surface area (Å²) in [6.07, 6.45) is 0. The second-order valence-electron chi connectivity index (χ2n) is 4.28. The molecular weight excluding hydrogens is 268 g/mol. The molecule has 0 unspecified atom stereocenters. The number of ether oxygens (including phenoxy) is 1. The Morgan fingerprint density at radius 2 is 1.52 bits per heavy atom. The van der Waals surface area contributed by atoms with Crippen molar-refractivity contribution < 1.29 is 14.3 Å². The van der Waals surface area contributed by atoms with Crippen molar-refractivity contribution in [3.63, 3.8) is 0 Å². The number of hydrogen-bond acceptors (Lipinski definition) is 4. The van der Waals surface area contributed by atoms with E-state index in [2.05, 4.69) is 0 Å². The van der Waals surface area contributed by atoms with Gasteiger partial charge in [-0.2, -0.15) is 0 Å². The molecule has 21 heavy (non-hydrogen) atoms. The fourth-order valence-corrected chi connectivity index (χ4v) is 1.89. The van der Waals surface area contributed by atoms with E-state index in [1.165, 1.54) is 4.90 Å². The number of rotatable bonds is 5. The molecule has 0 heterocycles. The van der Waals surface area contributed by atoms with Crippen molar-refractivity contribution >= 4 is 17.6 Å². The number of carbonyl (C=O) groups is 2. The van der Waals surface area contributed by atoms with Crippen LogP contribution in [0.2, 0.25) is 0 Å². The lowest BCUT2D eigenvalue weighted by molar-refractivity contribution is -0.141. The Bertz CT molecular complexity index is 599. The first kappa shape index (κ1) is 14.7. The van der Waals surface area contributed by atoms with Gasteiger partial charge >= 0.3 is 5.97 Å². The van der Waals surface area contributed by atoms with Crippen LogP contribution in [0.3, 0.4) is 0 Å². The van der Waals surface area contributed by atoms with Crippen LogP contribution in [-0.2, 0) is 9.53 Å². The maximum atomic E-state index is 12.6. The van der Waals surface area contributed by atoms with Crippen molar-refractivity contribution in [2.45, 2.75) is 0 Å². The third-order valence-electron chi connectivity index (χ3n) is 2.87. The molecule has 1 amide bonds. The van der Waals surface area contributed by atoms with Crippen molar-refractivity contribution in [1.29, 1.82) is 0 Å². The summed E-state index contributed by atoms with van der Waals surface area (Å²) < 4.78 is 4.72. The fraction of sp³-hybridized carbons (Fsp3) is 0.125. The topological polar surface area (TPSA) is 72.6 Å². The summed E-state index contributed by atoms with van der Waals surface area (Å²) in [5, 5.41) is 0. The van der Waals surface area contributed by atoms with Crippen LogP contribution >= 0.6 is 0 Å². The number of nitrogens with two attached hydrogens (primary N) is 1. The molecule has 108 valence electrons. The number of nitrogens with zero attached hydrogens (tertiary/aromatic N) is 1. The monoisotopic (exact) mass is 284 g/mol. The molecule has 0 aromatic heterocycles. The van der Waals surface area contributed by atoms with E-state index in [1.54, 1.807) is 48.5 Å². The van der Waals surface area contributed by atoms with Crippen molar-refractivity contribution in [1.82, 2.24) is 0 Å². The van der Waals surface area contributed by atoms with Gasteiger partial charge in [0.2, 0.25) is 0 Å². The Kier molecular flexibility index (Phi) is 5.06. The zero-order chi connectivity index (χ0) is 15.1. The number of esters is 1. The number of carbonyl (C=O) groups excluding carboxylic acids is 2. The second-order valence-corrected chi connectivity index (χ2v) is 4.28. The van der Waals surface area contributed by atoms with Crippen molar-refractivity contribution in [3.8, 4) is 0 Å². The highest BCUT2D eigenvalue weighted by atomic mass is 16.5. The van der Waals surface area contributed by atoms with Gasteiger partial charge in [0.1, 0.15) is 13.3 Å². The smallest absolute Gasteiger partial charge is 0.327 e. The Labute approximate surface area is 122 Å². The molecule has 0 aliphatic carbocycles. The fourth-order valence-electron chi connectivity index (χ4n) is 1.89. The molecule has 0 bridgehead atoms. The van der Waals surface area contributed by atoms with Gasteiger partial charge in [-0.1, -0.05) is 36.4 Å². The van der Waals surface area contributed by atoms with E-state index in [0.29, 0.717) is 11.3 Å². The maximum Gasteiger partial charge on any atom is 0.327 e. The molecule has 2 N–H and O–H groups in total. The molecule has 0 fully saturated rings. The molecule has 0 radical (unpaired) electrons. The highest BCUT2D eigenvalue weighted by Crippen LogP contribution is 2.16. The van der Waals surface area contributed by atoms with E-state index in [-0.39, 0.29) is 19.2 Å². The average Bonchev–Trinajstić information content (AvgIpc) is 2.54. The summed E-state index contributed by atoms with van der Waals surface area (Å²) in [5.74, 6) is -0.818. The predicted molar refractivity (Wildman–Crippen MR) is 79.7 cm³/mol. The molecular formula is C16H16N2O3. The van der Waals surface area contributed by atoms with Gasteiger partial charge in [-0.15, -0.1) is 0 Å². The van der Waals surface area contributed by atoms with Crippen LogP contribution in [0.4, 0.5) is 5.69 Å². The quantitative estimate of drug-likeness (QED) is 0.671. The number of para-hydroxylation sites is 1. The molecule has 0 saturated heterocycles. The molecule has 0 saturated carbocycles. The van der Waals surface area contributed by atoms with E-state index >= 15 is 0 Å². The molecule has 0 aliphatic heterocycles. The largest absolute Gasteiger partial charge is 0.449 e. The van der Waals surface area contributed by atoms with E-state index in [9.17, 15) is 9.59 Å². The van der Waals surface area contributed by atoms with Gasteiger partial charge in [-0.05, 0) is 24.3 Å². The van der Waals surface area contributed by atoms with Gasteiger partial charge < -0.3 is 4.74 Å². The van der Waals surface area contributed by atoms with Crippen molar-refractivity contribution in [3.05, 3.63) is 66.2 Å². The third kappa shape index (κ3) is 3.90. The number of anilines is 1. The summed E-state index contributed by atoms with van der Waals surface area (Å²) in [5.41, 5.74) is 6.31. The first-order valence-corrected chi connectivity index (χ1v) is 6.50. The number of benzene rings is 2. The van der Waals surface area contributed by atoms with E-state index in [0.717, 1.165) is 0 Å². The lowest BCUT2D eigenvalue weighted by atomic mass is 10.2. The van der Waals surface area contributed by atoms with Gasteiger partial charge in [0.15, 0.2) is 0 Å². The van der Waals surface area contributed by atoms with Gasteiger partial charge in [-0.25, -0.2) is 0 Å². The van der Waals surface area contributed by atoms with Crippen LogP contribution < -0.4 is 10.6 Å². The minimum Gasteiger partial charge on any atom is -0.449 e. The van der Waals surface area contributed by atoms with Crippen LogP contribution in [0.1, 0.15) is 10.4 Å². The average molecular weight is 284 g/mol. The summed E-state index contributed by atoms with van der Waals surface area (Å²) in [6, 6.07) is 17.7. The van der Waals surface area contributed by atoms with Crippen molar-refractivity contribution in [2.75, 3.05) is 18.2 Å². The summed E-state index contributed by atoms with van der Waals surface area (Å²) in [6.45, 7) is -0.393. The van der Waals surface area contributed by atoms with Crippen LogP contribution in [0.5, 0.6) is 0 Å². The van der Waals surface area contributed by atoms with Crippen LogP contribution in [0.15, 0.2) is 60.7 Å². The standard InChI is InChI=1S/C16H16N2O3/c17-12-21-15(19)11-18(14-9-5-2-6-10-14)16(20)13-7-3-1-4-8-13/h1-10H,11-12,17H2. The minimum atomic E-state index is -0.550. The van der Waals surface area contributed by atoms with Crippen LogP contribution in [0, 0.1) is 0 Å². The van der Waals surface area contributed by atoms with E-state index in [1.807, 2.05) is 12.1 Å². The number of hydrogen-bond donors (Lipinski definition) is 1. The minimum absolute atomic E-state index is 0.186. The highest BCUT2D eigenvalue weighted by molar-refractivity contribution is 6.08. The number of amides is 1. The van der Waals surface area contributed by atoms with E-state index < -0.39 is 5.97 Å². The van der Waals surface area contributed by atoms with Crippen molar-refractivity contribution in [2.24, 2.45) is 5.73 Å². The predicted octanol–water partition coefficient (Wildman–Crippen LogP) is 1.79. The van der Waals surface area contributed by atoms with Crippen LogP contribution in [0.25, 0.3) is 0 Å². The summed E-state index contributed by atoms with van der Waals surface area (Å²) >= 11 is 0. The van der Waals surface area contributed by atoms with Gasteiger partial charge in [-0.3, -0.25) is 20.2 Å². The Morgan fingerprint density at radius 1 is 0.952 bits per heavy atom. The van der Waals surface area contributed by atoms with Gasteiger partial charge in [0.05, 0.1) is 0 Å². The Balaban J connectivity index is 2.28. The van der Waals surface area contributed by atoms with Gasteiger partial charge in [0, 0.05) is 11.3 Å². The SMILES string of the molecule is NCOC(=O)CN(C(=O)c1ccccc1)c1ccccc1. The van der Waals surface area contributed by atoms with Crippen LogP contribution in [-0.4, -0.2) is 25.2 Å². The first-order chi connectivity index (χ1) is 10.2. The summed E-state index contributed by atoms with van der Waals surface area (Å²) in [4.78, 5) is 25.6. The lowest BCUT2D eigenvalue weighted by Crippen LogP contribution is -2.37.